The number of unbranched alkanes of at least 4 members (excludes halogenated alkanes) is 2. The zero-order valence-corrected chi connectivity index (χ0v) is 21.1. The van der Waals surface area contributed by atoms with Gasteiger partial charge >= 0.3 is 5.91 Å². The molecule has 0 bridgehead atoms. The quantitative estimate of drug-likeness (QED) is 0.184. The highest BCUT2D eigenvalue weighted by Crippen LogP contribution is 2.44. The number of thiazole rings is 1. The summed E-state index contributed by atoms with van der Waals surface area (Å²) in [6.45, 7) is 4.70. The number of amides is 1. The number of anilines is 1. The summed E-state index contributed by atoms with van der Waals surface area (Å²) in [7, 11) is 0. The van der Waals surface area contributed by atoms with Crippen LogP contribution in [0, 0.1) is 0 Å². The van der Waals surface area contributed by atoms with Crippen molar-refractivity contribution in [3.63, 3.8) is 0 Å². The second kappa shape index (κ2) is 10.1. The first-order chi connectivity index (χ1) is 17.5. The summed E-state index contributed by atoms with van der Waals surface area (Å²) < 4.78 is 11.7. The van der Waals surface area contributed by atoms with E-state index in [1.807, 2.05) is 37.3 Å². The van der Waals surface area contributed by atoms with Gasteiger partial charge < -0.3 is 14.6 Å². The maximum atomic E-state index is 13.3. The molecule has 186 valence electrons. The molecule has 2 aliphatic rings. The van der Waals surface area contributed by atoms with Crippen LogP contribution >= 0.6 is 11.3 Å². The summed E-state index contributed by atoms with van der Waals surface area (Å²) in [5.41, 5.74) is 2.13. The average molecular weight is 505 g/mol. The van der Waals surface area contributed by atoms with E-state index in [4.69, 9.17) is 9.47 Å². The maximum absolute atomic E-state index is 13.3. The Hall–Kier alpha value is -3.65. The third kappa shape index (κ3) is 4.48. The Balaban J connectivity index is 1.58. The minimum absolute atomic E-state index is 0.0326. The highest BCUT2D eigenvalue weighted by atomic mass is 32.1. The second-order valence-electron chi connectivity index (χ2n) is 9.07. The minimum atomic E-state index is -0.834. The van der Waals surface area contributed by atoms with E-state index < -0.39 is 17.7 Å². The highest BCUT2D eigenvalue weighted by Gasteiger charge is 2.48. The Kier molecular flexibility index (Phi) is 6.78. The average Bonchev–Trinajstić information content (AvgIpc) is 3.59. The number of rotatable bonds is 8. The minimum Gasteiger partial charge on any atom is -0.507 e. The number of aliphatic hydroxyl groups is 1. The lowest BCUT2D eigenvalue weighted by Gasteiger charge is -2.23. The first-order valence-electron chi connectivity index (χ1n) is 12.2. The smallest absolute Gasteiger partial charge is 0.301 e. The Morgan fingerprint density at radius 3 is 2.86 bits per heavy atom. The second-order valence-corrected chi connectivity index (χ2v) is 9.94. The van der Waals surface area contributed by atoms with Crippen molar-refractivity contribution in [2.45, 2.75) is 51.7 Å². The van der Waals surface area contributed by atoms with Gasteiger partial charge in [-0.15, -0.1) is 11.3 Å². The van der Waals surface area contributed by atoms with Crippen LogP contribution in [0.25, 0.3) is 5.76 Å². The van der Waals surface area contributed by atoms with E-state index in [9.17, 15) is 14.7 Å². The van der Waals surface area contributed by atoms with Crippen LogP contribution in [0.15, 0.2) is 59.6 Å². The number of aromatic nitrogens is 1. The molecule has 7 nitrogen and oxygen atoms in total. The van der Waals surface area contributed by atoms with Crippen LogP contribution in [0.5, 0.6) is 11.5 Å². The van der Waals surface area contributed by atoms with Gasteiger partial charge in [0.15, 0.2) is 5.13 Å². The normalized spacial score (nSPS) is 20.4. The third-order valence-electron chi connectivity index (χ3n) is 6.43. The van der Waals surface area contributed by atoms with Gasteiger partial charge in [-0.05, 0) is 54.8 Å². The summed E-state index contributed by atoms with van der Waals surface area (Å²) in [5.74, 6) is -0.256. The number of ketones is 1. The van der Waals surface area contributed by atoms with Crippen LogP contribution < -0.4 is 14.4 Å². The molecule has 0 saturated carbocycles. The van der Waals surface area contributed by atoms with Crippen molar-refractivity contribution in [2.75, 3.05) is 11.5 Å². The Bertz CT molecular complexity index is 1320. The number of nitrogens with zero attached hydrogens (tertiary/aromatic N) is 2. The van der Waals surface area contributed by atoms with Crippen LogP contribution in [0.3, 0.4) is 0 Å². The van der Waals surface area contributed by atoms with Gasteiger partial charge in [0, 0.05) is 23.6 Å². The predicted octanol–water partition coefficient (Wildman–Crippen LogP) is 5.66. The zero-order valence-electron chi connectivity index (χ0n) is 20.3. The number of benzene rings is 2. The highest BCUT2D eigenvalue weighted by molar-refractivity contribution is 7.14. The number of carbonyl (C=O) groups is 2. The van der Waals surface area contributed by atoms with E-state index in [2.05, 4.69) is 11.9 Å². The Morgan fingerprint density at radius 2 is 2.08 bits per heavy atom. The van der Waals surface area contributed by atoms with Crippen molar-refractivity contribution in [3.05, 3.63) is 76.3 Å². The summed E-state index contributed by atoms with van der Waals surface area (Å²) in [6, 6.07) is 11.9. The SMILES string of the molecule is CCCCCOc1cccc([C@@H]2C(=C(O)c3ccc4c(c3)C[C@H](C)O4)C(=O)C(=O)N2c2nccs2)c1. The summed E-state index contributed by atoms with van der Waals surface area (Å²) >= 11 is 1.26. The molecular formula is C28H28N2O5S. The molecule has 2 aromatic carbocycles. The van der Waals surface area contributed by atoms with Crippen LogP contribution in [-0.4, -0.2) is 34.5 Å². The first kappa shape index (κ1) is 24.1. The molecule has 36 heavy (non-hydrogen) atoms. The zero-order chi connectivity index (χ0) is 25.2. The number of hydrogen-bond acceptors (Lipinski definition) is 7. The molecule has 3 aromatic rings. The van der Waals surface area contributed by atoms with Gasteiger partial charge in [0.1, 0.15) is 23.4 Å². The van der Waals surface area contributed by atoms with Gasteiger partial charge in [0.25, 0.3) is 5.78 Å². The van der Waals surface area contributed by atoms with Gasteiger partial charge in [-0.25, -0.2) is 4.98 Å². The molecule has 3 heterocycles. The molecule has 0 aliphatic carbocycles. The molecular weight excluding hydrogens is 476 g/mol. The predicted molar refractivity (Wildman–Crippen MR) is 139 cm³/mol. The van der Waals surface area contributed by atoms with Crippen molar-refractivity contribution in [3.8, 4) is 11.5 Å². The van der Waals surface area contributed by atoms with E-state index in [0.29, 0.717) is 35.0 Å². The van der Waals surface area contributed by atoms with Crippen LogP contribution in [0.1, 0.15) is 55.8 Å². The van der Waals surface area contributed by atoms with Crippen molar-refractivity contribution >= 4 is 33.9 Å². The molecule has 8 heteroatoms. The number of hydrogen-bond donors (Lipinski definition) is 1. The molecule has 0 radical (unpaired) electrons. The lowest BCUT2D eigenvalue weighted by molar-refractivity contribution is -0.132. The van der Waals surface area contributed by atoms with Crippen LogP contribution in [0.2, 0.25) is 0 Å². The van der Waals surface area contributed by atoms with Crippen LogP contribution in [-0.2, 0) is 16.0 Å². The molecule has 0 unspecified atom stereocenters. The van der Waals surface area contributed by atoms with Gasteiger partial charge in [-0.1, -0.05) is 31.9 Å². The van der Waals surface area contributed by atoms with Gasteiger partial charge in [-0.2, -0.15) is 0 Å². The molecule has 1 saturated heterocycles. The Morgan fingerprint density at radius 1 is 1.22 bits per heavy atom. The number of ether oxygens (including phenoxy) is 2. The van der Waals surface area contributed by atoms with Crippen molar-refractivity contribution in [1.82, 2.24) is 4.98 Å². The van der Waals surface area contributed by atoms with E-state index in [1.165, 1.54) is 16.2 Å². The van der Waals surface area contributed by atoms with E-state index in [-0.39, 0.29) is 17.4 Å². The summed E-state index contributed by atoms with van der Waals surface area (Å²) in [6.07, 6.45) is 5.47. The molecule has 1 aromatic heterocycles. The van der Waals surface area contributed by atoms with E-state index >= 15 is 0 Å². The third-order valence-corrected chi connectivity index (χ3v) is 7.20. The number of fused-ring (bicyclic) bond motifs is 1. The lowest BCUT2D eigenvalue weighted by Crippen LogP contribution is -2.29. The lowest BCUT2D eigenvalue weighted by atomic mass is 9.94. The molecule has 1 N–H and O–H groups in total. The first-order valence-corrected chi connectivity index (χ1v) is 13.1. The molecule has 0 spiro atoms. The number of carbonyl (C=O) groups excluding carboxylic acids is 2. The fourth-order valence-electron chi connectivity index (χ4n) is 4.72. The molecule has 1 fully saturated rings. The largest absolute Gasteiger partial charge is 0.507 e. The summed E-state index contributed by atoms with van der Waals surface area (Å²) in [5, 5.41) is 13.6. The van der Waals surface area contributed by atoms with Crippen LogP contribution in [0.4, 0.5) is 5.13 Å². The molecule has 2 aliphatic heterocycles. The molecule has 2 atom stereocenters. The Labute approximate surface area is 214 Å². The van der Waals surface area contributed by atoms with E-state index in [1.54, 1.807) is 23.7 Å². The fraction of sp³-hybridized carbons (Fsp3) is 0.321. The van der Waals surface area contributed by atoms with E-state index in [0.717, 1.165) is 30.6 Å². The number of Topliss-reactive ketones (excluding diaryl/α,β-unsaturated/α-hetero) is 1. The topological polar surface area (TPSA) is 89.0 Å². The van der Waals surface area contributed by atoms with Gasteiger partial charge in [0.05, 0.1) is 18.2 Å². The fourth-order valence-corrected chi connectivity index (χ4v) is 5.39. The molecule has 1 amide bonds. The maximum Gasteiger partial charge on any atom is 0.301 e. The standard InChI is InChI=1S/C28H28N2O5S/c1-3-4-5-12-34-21-8-6-7-18(16-21)24-23(26(32)27(33)30(24)28-29-11-13-36-28)25(31)19-9-10-22-20(15-19)14-17(2)35-22/h6-11,13,15-17,24,31H,3-5,12,14H2,1-2H3/t17-,24+/m0/s1. The van der Waals surface area contributed by atoms with Gasteiger partial charge in [0.2, 0.25) is 0 Å². The summed E-state index contributed by atoms with van der Waals surface area (Å²) in [4.78, 5) is 32.2. The van der Waals surface area contributed by atoms with Crippen molar-refractivity contribution < 1.29 is 24.2 Å². The molecule has 5 rings (SSSR count). The van der Waals surface area contributed by atoms with Crippen molar-refractivity contribution in [2.24, 2.45) is 0 Å². The van der Waals surface area contributed by atoms with Gasteiger partial charge in [-0.3, -0.25) is 14.5 Å². The number of aliphatic hydroxyl groups excluding tert-OH is 1. The monoisotopic (exact) mass is 504 g/mol. The van der Waals surface area contributed by atoms with Crippen molar-refractivity contribution in [1.29, 1.82) is 0 Å².